The molecule has 1 fully saturated rings. The van der Waals surface area contributed by atoms with E-state index in [1.807, 2.05) is 0 Å². The molecule has 1 aliphatic rings. The number of sulfonamides is 1. The first kappa shape index (κ1) is 21.1. The van der Waals surface area contributed by atoms with Crippen LogP contribution in [0.2, 0.25) is 0 Å². The van der Waals surface area contributed by atoms with E-state index in [0.29, 0.717) is 11.1 Å². The first-order chi connectivity index (χ1) is 13.5. The Balaban J connectivity index is 1.66. The summed E-state index contributed by atoms with van der Waals surface area (Å²) in [5, 5.41) is 2.64. The van der Waals surface area contributed by atoms with Crippen molar-refractivity contribution in [1.29, 1.82) is 0 Å². The molecule has 0 bridgehead atoms. The van der Waals surface area contributed by atoms with Crippen LogP contribution in [0, 0.1) is 6.92 Å². The summed E-state index contributed by atoms with van der Waals surface area (Å²) < 4.78 is 67.6. The number of benzene rings is 2. The molecular weight excluding hydrogens is 409 g/mol. The Morgan fingerprint density at radius 2 is 1.79 bits per heavy atom. The predicted molar refractivity (Wildman–Crippen MR) is 98.8 cm³/mol. The molecule has 156 valence electrons. The van der Waals surface area contributed by atoms with Crippen molar-refractivity contribution in [2.24, 2.45) is 0 Å². The fourth-order valence-electron chi connectivity index (χ4n) is 2.59. The molecule has 0 aliphatic heterocycles. The van der Waals surface area contributed by atoms with Gasteiger partial charge in [0.2, 0.25) is 10.0 Å². The fourth-order valence-corrected chi connectivity index (χ4v) is 3.92. The minimum atomic E-state index is -4.77. The van der Waals surface area contributed by atoms with Crippen molar-refractivity contribution in [3.8, 4) is 5.75 Å². The topological polar surface area (TPSA) is 84.5 Å². The SMILES string of the molecule is Cc1ccc(S(=O)(=O)NC2CC2)cc1C(=O)NCc1ccc(OC(F)(F)F)cc1. The van der Waals surface area contributed by atoms with Crippen LogP contribution >= 0.6 is 0 Å². The molecule has 2 N–H and O–H groups in total. The maximum atomic E-state index is 12.5. The van der Waals surface area contributed by atoms with E-state index < -0.39 is 22.3 Å². The molecule has 2 aromatic carbocycles. The van der Waals surface area contributed by atoms with Gasteiger partial charge in [0.15, 0.2) is 0 Å². The van der Waals surface area contributed by atoms with E-state index in [9.17, 15) is 26.4 Å². The Kier molecular flexibility index (Phi) is 5.85. The zero-order chi connectivity index (χ0) is 21.2. The Labute approximate surface area is 166 Å². The van der Waals surface area contributed by atoms with Gasteiger partial charge in [-0.05, 0) is 55.2 Å². The fraction of sp³-hybridized carbons (Fsp3) is 0.316. The van der Waals surface area contributed by atoms with Crippen molar-refractivity contribution in [2.75, 3.05) is 0 Å². The summed E-state index contributed by atoms with van der Waals surface area (Å²) in [7, 11) is -3.69. The number of hydrogen-bond acceptors (Lipinski definition) is 4. The highest BCUT2D eigenvalue weighted by atomic mass is 32.2. The summed E-state index contributed by atoms with van der Waals surface area (Å²) >= 11 is 0. The van der Waals surface area contributed by atoms with Gasteiger partial charge in [-0.3, -0.25) is 4.79 Å². The number of rotatable bonds is 7. The summed E-state index contributed by atoms with van der Waals surface area (Å²) in [6.07, 6.45) is -3.18. The lowest BCUT2D eigenvalue weighted by atomic mass is 10.1. The monoisotopic (exact) mass is 428 g/mol. The van der Waals surface area contributed by atoms with E-state index in [0.717, 1.165) is 25.0 Å². The van der Waals surface area contributed by atoms with Crippen LogP contribution in [0.5, 0.6) is 5.75 Å². The van der Waals surface area contributed by atoms with Crippen molar-refractivity contribution < 1.29 is 31.1 Å². The molecule has 6 nitrogen and oxygen atoms in total. The lowest BCUT2D eigenvalue weighted by Crippen LogP contribution is -2.27. The van der Waals surface area contributed by atoms with Gasteiger partial charge < -0.3 is 10.1 Å². The van der Waals surface area contributed by atoms with Gasteiger partial charge in [-0.15, -0.1) is 13.2 Å². The quantitative estimate of drug-likeness (QED) is 0.709. The van der Waals surface area contributed by atoms with Gasteiger partial charge in [-0.25, -0.2) is 13.1 Å². The highest BCUT2D eigenvalue weighted by Gasteiger charge is 2.31. The molecule has 0 heterocycles. The third kappa shape index (κ3) is 5.94. The molecule has 0 radical (unpaired) electrons. The number of carbonyl (C=O) groups excluding carboxylic acids is 1. The van der Waals surface area contributed by atoms with E-state index in [1.165, 1.54) is 24.3 Å². The molecule has 1 saturated carbocycles. The Hall–Kier alpha value is -2.59. The average molecular weight is 428 g/mol. The van der Waals surface area contributed by atoms with Crippen LogP contribution in [-0.4, -0.2) is 26.7 Å². The van der Waals surface area contributed by atoms with Crippen LogP contribution in [0.15, 0.2) is 47.4 Å². The molecule has 0 aromatic heterocycles. The number of amides is 1. The van der Waals surface area contributed by atoms with Gasteiger partial charge in [0.25, 0.3) is 5.91 Å². The molecule has 0 unspecified atom stereocenters. The van der Waals surface area contributed by atoms with Gasteiger partial charge in [0.05, 0.1) is 4.90 Å². The Morgan fingerprint density at radius 3 is 2.38 bits per heavy atom. The number of alkyl halides is 3. The highest BCUT2D eigenvalue weighted by Crippen LogP contribution is 2.24. The molecule has 29 heavy (non-hydrogen) atoms. The van der Waals surface area contributed by atoms with Crippen molar-refractivity contribution in [1.82, 2.24) is 10.0 Å². The summed E-state index contributed by atoms with van der Waals surface area (Å²) in [5.41, 5.74) is 1.37. The van der Waals surface area contributed by atoms with E-state index >= 15 is 0 Å². The first-order valence-electron chi connectivity index (χ1n) is 8.79. The minimum Gasteiger partial charge on any atom is -0.406 e. The van der Waals surface area contributed by atoms with E-state index in [4.69, 9.17) is 0 Å². The Bertz CT molecular complexity index is 1000. The Morgan fingerprint density at radius 1 is 1.14 bits per heavy atom. The van der Waals surface area contributed by atoms with Gasteiger partial charge in [0, 0.05) is 18.2 Å². The molecule has 3 rings (SSSR count). The van der Waals surface area contributed by atoms with Crippen molar-refractivity contribution in [3.63, 3.8) is 0 Å². The first-order valence-corrected chi connectivity index (χ1v) is 10.3. The largest absolute Gasteiger partial charge is 0.573 e. The van der Waals surface area contributed by atoms with Crippen LogP contribution in [0.4, 0.5) is 13.2 Å². The zero-order valence-corrected chi connectivity index (χ0v) is 16.2. The van der Waals surface area contributed by atoms with Gasteiger partial charge in [-0.2, -0.15) is 0 Å². The average Bonchev–Trinajstić information content (AvgIpc) is 3.43. The summed E-state index contributed by atoms with van der Waals surface area (Å²) in [4.78, 5) is 12.5. The lowest BCUT2D eigenvalue weighted by Gasteiger charge is -2.12. The number of aryl methyl sites for hydroxylation is 1. The van der Waals surface area contributed by atoms with E-state index in [1.54, 1.807) is 13.0 Å². The van der Waals surface area contributed by atoms with Crippen LogP contribution < -0.4 is 14.8 Å². The van der Waals surface area contributed by atoms with Gasteiger partial charge in [0.1, 0.15) is 5.75 Å². The minimum absolute atomic E-state index is 0.00815. The van der Waals surface area contributed by atoms with Crippen LogP contribution in [0.1, 0.15) is 34.3 Å². The molecule has 10 heteroatoms. The predicted octanol–water partition coefficient (Wildman–Crippen LogP) is 3.26. The molecule has 1 amide bonds. The molecule has 1 aliphatic carbocycles. The maximum Gasteiger partial charge on any atom is 0.573 e. The summed E-state index contributed by atoms with van der Waals surface area (Å²) in [6.45, 7) is 1.74. The van der Waals surface area contributed by atoms with E-state index in [2.05, 4.69) is 14.8 Å². The molecule has 0 atom stereocenters. The van der Waals surface area contributed by atoms with Crippen LogP contribution in [-0.2, 0) is 16.6 Å². The molecule has 0 spiro atoms. The van der Waals surface area contributed by atoms with Crippen molar-refractivity contribution in [3.05, 3.63) is 59.2 Å². The second-order valence-corrected chi connectivity index (χ2v) is 8.46. The second kappa shape index (κ2) is 8.03. The number of nitrogens with one attached hydrogen (secondary N) is 2. The normalized spacial score (nSPS) is 14.5. The smallest absolute Gasteiger partial charge is 0.406 e. The standard InChI is InChI=1S/C19H19F3N2O4S/c1-12-2-9-16(29(26,27)24-14-5-6-14)10-17(12)18(25)23-11-13-3-7-15(8-4-13)28-19(20,21)22/h2-4,7-10,14,24H,5-6,11H2,1H3,(H,23,25). The highest BCUT2D eigenvalue weighted by molar-refractivity contribution is 7.89. The number of halogens is 3. The van der Waals surface area contributed by atoms with Crippen molar-refractivity contribution >= 4 is 15.9 Å². The number of carbonyl (C=O) groups is 1. The van der Waals surface area contributed by atoms with Gasteiger partial charge in [-0.1, -0.05) is 18.2 Å². The summed E-state index contributed by atoms with van der Waals surface area (Å²) in [5.74, 6) is -0.842. The van der Waals surface area contributed by atoms with Crippen molar-refractivity contribution in [2.45, 2.75) is 43.6 Å². The van der Waals surface area contributed by atoms with E-state index in [-0.39, 0.29) is 28.8 Å². The zero-order valence-electron chi connectivity index (χ0n) is 15.4. The van der Waals surface area contributed by atoms with Gasteiger partial charge >= 0.3 is 6.36 Å². The third-order valence-electron chi connectivity index (χ3n) is 4.27. The number of hydrogen-bond donors (Lipinski definition) is 2. The third-order valence-corrected chi connectivity index (χ3v) is 5.79. The van der Waals surface area contributed by atoms with Crippen LogP contribution in [0.25, 0.3) is 0 Å². The number of ether oxygens (including phenoxy) is 1. The van der Waals surface area contributed by atoms with Crippen LogP contribution in [0.3, 0.4) is 0 Å². The molecule has 2 aromatic rings. The second-order valence-electron chi connectivity index (χ2n) is 6.75. The molecular formula is C19H19F3N2O4S. The summed E-state index contributed by atoms with van der Waals surface area (Å²) in [6, 6.07) is 9.35. The maximum absolute atomic E-state index is 12.5. The molecule has 0 saturated heterocycles. The lowest BCUT2D eigenvalue weighted by molar-refractivity contribution is -0.274.